The smallest absolute Gasteiger partial charge is 0.329 e. The first-order chi connectivity index (χ1) is 11.5. The Kier molecular flexibility index (Phi) is 5.82. The molecule has 24 heavy (non-hydrogen) atoms. The van der Waals surface area contributed by atoms with Crippen molar-refractivity contribution in [3.8, 4) is 17.2 Å². The van der Waals surface area contributed by atoms with E-state index in [1.807, 2.05) is 0 Å². The minimum Gasteiger partial charge on any atom is -0.493 e. The molecule has 132 valence electrons. The fraction of sp³-hybridized carbons (Fsp3) is 0.500. The number of amides is 1. The van der Waals surface area contributed by atoms with Crippen LogP contribution in [0.2, 0.25) is 0 Å². The molecule has 1 fully saturated rings. The van der Waals surface area contributed by atoms with E-state index in [0.717, 1.165) is 0 Å². The number of aliphatic carboxylic acids is 1. The highest BCUT2D eigenvalue weighted by Crippen LogP contribution is 2.38. The first-order valence-electron chi connectivity index (χ1n) is 7.41. The molecule has 0 bridgehead atoms. The van der Waals surface area contributed by atoms with Gasteiger partial charge in [-0.05, 0) is 36.5 Å². The molecule has 0 aromatic heterocycles. The number of thioether (sulfide) groups is 1. The summed E-state index contributed by atoms with van der Waals surface area (Å²) in [5, 5.41) is 12.3. The standard InChI is InChI=1S/C16H21NO6S/c1-21-11-8-10(9-12(22-2)13(11)23-3)14(18)17-16(15(19)20)4-6-24-7-5-16/h8-9H,4-7H2,1-3H3,(H,17,18)(H,19,20). The van der Waals surface area contributed by atoms with Crippen LogP contribution in [0, 0.1) is 0 Å². The minimum atomic E-state index is -1.23. The van der Waals surface area contributed by atoms with Crippen LogP contribution < -0.4 is 19.5 Å². The van der Waals surface area contributed by atoms with Crippen LogP contribution in [-0.2, 0) is 4.79 Å². The number of hydrogen-bond acceptors (Lipinski definition) is 6. The average molecular weight is 355 g/mol. The largest absolute Gasteiger partial charge is 0.493 e. The van der Waals surface area contributed by atoms with E-state index < -0.39 is 17.4 Å². The number of methoxy groups -OCH3 is 3. The van der Waals surface area contributed by atoms with Crippen LogP contribution in [0.5, 0.6) is 17.2 Å². The van der Waals surface area contributed by atoms with Crippen LogP contribution in [-0.4, -0.2) is 55.4 Å². The maximum atomic E-state index is 12.6. The molecule has 8 heteroatoms. The molecule has 7 nitrogen and oxygen atoms in total. The fourth-order valence-electron chi connectivity index (χ4n) is 2.61. The van der Waals surface area contributed by atoms with Crippen molar-refractivity contribution in [2.75, 3.05) is 32.8 Å². The Morgan fingerprint density at radius 1 is 1.08 bits per heavy atom. The molecule has 2 N–H and O–H groups in total. The number of ether oxygens (including phenoxy) is 3. The van der Waals surface area contributed by atoms with Gasteiger partial charge in [-0.25, -0.2) is 4.79 Å². The van der Waals surface area contributed by atoms with E-state index >= 15 is 0 Å². The molecule has 0 aliphatic carbocycles. The maximum absolute atomic E-state index is 12.6. The molecule has 0 radical (unpaired) electrons. The van der Waals surface area contributed by atoms with Gasteiger partial charge < -0.3 is 24.6 Å². The van der Waals surface area contributed by atoms with E-state index in [2.05, 4.69) is 5.32 Å². The lowest BCUT2D eigenvalue weighted by molar-refractivity contribution is -0.144. The van der Waals surface area contributed by atoms with Gasteiger partial charge in [0.25, 0.3) is 5.91 Å². The molecular formula is C16H21NO6S. The quantitative estimate of drug-likeness (QED) is 0.803. The molecule has 0 spiro atoms. The van der Waals surface area contributed by atoms with Gasteiger partial charge in [0.05, 0.1) is 21.3 Å². The molecule has 2 rings (SSSR count). The number of nitrogens with one attached hydrogen (secondary N) is 1. The molecule has 1 heterocycles. The van der Waals surface area contributed by atoms with Crippen LogP contribution in [0.1, 0.15) is 23.2 Å². The van der Waals surface area contributed by atoms with E-state index in [9.17, 15) is 14.7 Å². The zero-order valence-corrected chi connectivity index (χ0v) is 14.7. The zero-order chi connectivity index (χ0) is 17.7. The van der Waals surface area contributed by atoms with Crippen molar-refractivity contribution < 1.29 is 28.9 Å². The number of rotatable bonds is 6. The van der Waals surface area contributed by atoms with Gasteiger partial charge in [-0.2, -0.15) is 11.8 Å². The number of benzene rings is 1. The number of hydrogen-bond donors (Lipinski definition) is 2. The molecule has 1 aliphatic heterocycles. The lowest BCUT2D eigenvalue weighted by Gasteiger charge is -2.33. The third-order valence-corrected chi connectivity index (χ3v) is 5.02. The number of carbonyl (C=O) groups excluding carboxylic acids is 1. The third-order valence-electron chi connectivity index (χ3n) is 4.04. The fourth-order valence-corrected chi connectivity index (χ4v) is 3.80. The van der Waals surface area contributed by atoms with Gasteiger partial charge in [0.2, 0.25) is 5.75 Å². The second-order valence-electron chi connectivity index (χ2n) is 5.37. The zero-order valence-electron chi connectivity index (χ0n) is 13.9. The van der Waals surface area contributed by atoms with E-state index in [1.165, 1.54) is 33.5 Å². The summed E-state index contributed by atoms with van der Waals surface area (Å²) in [6.45, 7) is 0. The lowest BCUT2D eigenvalue weighted by Crippen LogP contribution is -2.56. The van der Waals surface area contributed by atoms with Crippen molar-refractivity contribution in [2.45, 2.75) is 18.4 Å². The lowest BCUT2D eigenvalue weighted by atomic mass is 9.91. The molecule has 1 aromatic rings. The predicted molar refractivity (Wildman–Crippen MR) is 90.5 cm³/mol. The van der Waals surface area contributed by atoms with Crippen molar-refractivity contribution in [2.24, 2.45) is 0 Å². The summed E-state index contributed by atoms with van der Waals surface area (Å²) >= 11 is 1.68. The van der Waals surface area contributed by atoms with E-state index in [0.29, 0.717) is 41.6 Å². The highest BCUT2D eigenvalue weighted by Gasteiger charge is 2.41. The van der Waals surface area contributed by atoms with Crippen LogP contribution >= 0.6 is 11.8 Å². The molecule has 1 aliphatic rings. The van der Waals surface area contributed by atoms with Gasteiger partial charge >= 0.3 is 5.97 Å². The summed E-state index contributed by atoms with van der Waals surface area (Å²) in [4.78, 5) is 24.3. The second-order valence-corrected chi connectivity index (χ2v) is 6.59. The molecular weight excluding hydrogens is 334 g/mol. The normalized spacial score (nSPS) is 16.1. The topological polar surface area (TPSA) is 94.1 Å². The number of carbonyl (C=O) groups is 2. The monoisotopic (exact) mass is 355 g/mol. The van der Waals surface area contributed by atoms with Crippen molar-refractivity contribution in [1.29, 1.82) is 0 Å². The van der Waals surface area contributed by atoms with Gasteiger partial charge in [-0.3, -0.25) is 4.79 Å². The van der Waals surface area contributed by atoms with Crippen molar-refractivity contribution in [3.05, 3.63) is 17.7 Å². The van der Waals surface area contributed by atoms with E-state index in [-0.39, 0.29) is 5.56 Å². The highest BCUT2D eigenvalue weighted by molar-refractivity contribution is 7.99. The van der Waals surface area contributed by atoms with E-state index in [4.69, 9.17) is 14.2 Å². The summed E-state index contributed by atoms with van der Waals surface area (Å²) in [5.41, 5.74) is -0.980. The summed E-state index contributed by atoms with van der Waals surface area (Å²) in [7, 11) is 4.38. The number of carboxylic acid groups (broad SMARTS) is 1. The van der Waals surface area contributed by atoms with Crippen LogP contribution in [0.15, 0.2) is 12.1 Å². The minimum absolute atomic E-state index is 0.253. The Labute approximate surface area is 144 Å². The Morgan fingerprint density at radius 2 is 1.62 bits per heavy atom. The summed E-state index contributed by atoms with van der Waals surface area (Å²) in [6, 6.07) is 3.01. The van der Waals surface area contributed by atoms with Crippen LogP contribution in [0.3, 0.4) is 0 Å². The first-order valence-corrected chi connectivity index (χ1v) is 8.56. The van der Waals surface area contributed by atoms with E-state index in [1.54, 1.807) is 11.8 Å². The van der Waals surface area contributed by atoms with Gasteiger partial charge in [0.1, 0.15) is 5.54 Å². The van der Waals surface area contributed by atoms with Crippen molar-refractivity contribution in [3.63, 3.8) is 0 Å². The van der Waals surface area contributed by atoms with Crippen LogP contribution in [0.4, 0.5) is 0 Å². The SMILES string of the molecule is COc1cc(C(=O)NC2(C(=O)O)CCSCC2)cc(OC)c1OC. The van der Waals surface area contributed by atoms with Crippen molar-refractivity contribution >= 4 is 23.6 Å². The second kappa shape index (κ2) is 7.65. The summed E-state index contributed by atoms with van der Waals surface area (Å²) < 4.78 is 15.7. The Bertz CT molecular complexity index is 602. The highest BCUT2D eigenvalue weighted by atomic mass is 32.2. The summed E-state index contributed by atoms with van der Waals surface area (Å²) in [5.74, 6) is 0.950. The van der Waals surface area contributed by atoms with Crippen molar-refractivity contribution in [1.82, 2.24) is 5.32 Å². The molecule has 1 amide bonds. The first kappa shape index (κ1) is 18.3. The summed E-state index contributed by atoms with van der Waals surface area (Å²) in [6.07, 6.45) is 0.784. The molecule has 0 saturated carbocycles. The predicted octanol–water partition coefficient (Wildman–Crippen LogP) is 1.79. The molecule has 0 atom stereocenters. The number of carboxylic acids is 1. The Morgan fingerprint density at radius 3 is 2.04 bits per heavy atom. The van der Waals surface area contributed by atoms with Gasteiger partial charge in [-0.15, -0.1) is 0 Å². The molecule has 0 unspecified atom stereocenters. The third kappa shape index (κ3) is 3.53. The average Bonchev–Trinajstić information content (AvgIpc) is 2.60. The molecule has 1 aromatic carbocycles. The van der Waals surface area contributed by atoms with Gasteiger partial charge in [-0.1, -0.05) is 0 Å². The maximum Gasteiger partial charge on any atom is 0.329 e. The van der Waals surface area contributed by atoms with Gasteiger partial charge in [0.15, 0.2) is 11.5 Å². The van der Waals surface area contributed by atoms with Crippen LogP contribution in [0.25, 0.3) is 0 Å². The molecule has 1 saturated heterocycles. The Hall–Kier alpha value is -2.09. The Balaban J connectivity index is 2.33. The van der Waals surface area contributed by atoms with Gasteiger partial charge in [0, 0.05) is 5.56 Å².